The Balaban J connectivity index is 0.000000288. The van der Waals surface area contributed by atoms with Crippen LogP contribution >= 0.6 is 0 Å². The van der Waals surface area contributed by atoms with Gasteiger partial charge in [-0.3, -0.25) is 0 Å². The first kappa shape index (κ1) is 15.0. The average molecular weight is 214 g/mol. The van der Waals surface area contributed by atoms with Crippen molar-refractivity contribution in [3.8, 4) is 0 Å². The van der Waals surface area contributed by atoms with Gasteiger partial charge in [-0.2, -0.15) is 0 Å². The zero-order valence-corrected chi connectivity index (χ0v) is 11.1. The second-order valence-electron chi connectivity index (χ2n) is 4.51. The van der Waals surface area contributed by atoms with Crippen molar-refractivity contribution in [1.82, 2.24) is 0 Å². The van der Waals surface area contributed by atoms with Crippen LogP contribution in [0.15, 0.2) is 0 Å². The summed E-state index contributed by atoms with van der Waals surface area (Å²) in [6.07, 6.45) is 13.0. The molecule has 0 aromatic rings. The molecule has 0 saturated carbocycles. The second kappa shape index (κ2) is 12.0. The molecule has 0 aromatic heterocycles. The van der Waals surface area contributed by atoms with Crippen LogP contribution in [0.5, 0.6) is 0 Å². The van der Waals surface area contributed by atoms with Crippen LogP contribution in [-0.2, 0) is 4.74 Å². The molecule has 15 heavy (non-hydrogen) atoms. The zero-order chi connectivity index (χ0) is 11.4. The highest BCUT2D eigenvalue weighted by molar-refractivity contribution is 4.67. The van der Waals surface area contributed by atoms with Gasteiger partial charge in [0.2, 0.25) is 0 Å². The first-order valence-corrected chi connectivity index (χ1v) is 6.96. The fourth-order valence-electron chi connectivity index (χ4n) is 1.53. The van der Waals surface area contributed by atoms with Crippen LogP contribution in [-0.4, -0.2) is 12.7 Å². The molecule has 1 saturated heterocycles. The molecule has 1 aliphatic rings. The number of hydrogen-bond donors (Lipinski definition) is 0. The third-order valence-electron chi connectivity index (χ3n) is 2.74. The molecule has 1 heteroatoms. The molecule has 0 amide bonds. The molecule has 0 spiro atoms. The fourth-order valence-corrected chi connectivity index (χ4v) is 1.53. The monoisotopic (exact) mass is 214 g/mol. The minimum atomic E-state index is 0.654. The summed E-state index contributed by atoms with van der Waals surface area (Å²) in [5.41, 5.74) is 0. The highest BCUT2D eigenvalue weighted by Crippen LogP contribution is 2.17. The lowest BCUT2D eigenvalue weighted by Gasteiger charge is -1.93. The van der Waals surface area contributed by atoms with Gasteiger partial charge in [-0.05, 0) is 6.42 Å². The van der Waals surface area contributed by atoms with Crippen molar-refractivity contribution in [2.45, 2.75) is 84.7 Å². The van der Waals surface area contributed by atoms with Crippen LogP contribution in [0, 0.1) is 0 Å². The van der Waals surface area contributed by atoms with Crippen molar-refractivity contribution >= 4 is 0 Å². The SMILES string of the molecule is CCCCCC.CCCCCCC1CO1. The van der Waals surface area contributed by atoms with Crippen LogP contribution < -0.4 is 0 Å². The molecule has 1 rings (SSSR count). The van der Waals surface area contributed by atoms with Gasteiger partial charge in [0, 0.05) is 0 Å². The predicted octanol–water partition coefficient (Wildman–Crippen LogP) is 4.94. The summed E-state index contributed by atoms with van der Waals surface area (Å²) >= 11 is 0. The smallest absolute Gasteiger partial charge is 0.0810 e. The van der Waals surface area contributed by atoms with Crippen molar-refractivity contribution in [3.63, 3.8) is 0 Å². The van der Waals surface area contributed by atoms with Gasteiger partial charge in [-0.1, -0.05) is 72.1 Å². The molecule has 1 nitrogen and oxygen atoms in total. The second-order valence-corrected chi connectivity index (χ2v) is 4.51. The molecular formula is C14H30O. The fraction of sp³-hybridized carbons (Fsp3) is 1.00. The van der Waals surface area contributed by atoms with E-state index in [4.69, 9.17) is 4.74 Å². The summed E-state index contributed by atoms with van der Waals surface area (Å²) in [5.74, 6) is 0. The molecule has 0 radical (unpaired) electrons. The number of unbranched alkanes of at least 4 members (excludes halogenated alkanes) is 6. The van der Waals surface area contributed by atoms with E-state index in [0.717, 1.165) is 6.61 Å². The summed E-state index contributed by atoms with van der Waals surface area (Å²) in [4.78, 5) is 0. The predicted molar refractivity (Wildman–Crippen MR) is 68.3 cm³/mol. The number of ether oxygens (including phenoxy) is 1. The minimum absolute atomic E-state index is 0.654. The van der Waals surface area contributed by atoms with Gasteiger partial charge in [-0.15, -0.1) is 0 Å². The normalized spacial score (nSPS) is 18.2. The Morgan fingerprint density at radius 2 is 1.27 bits per heavy atom. The summed E-state index contributed by atoms with van der Waals surface area (Å²) < 4.78 is 5.09. The highest BCUT2D eigenvalue weighted by Gasteiger charge is 2.20. The Morgan fingerprint density at radius 3 is 1.67 bits per heavy atom. The molecule has 1 atom stereocenters. The van der Waals surface area contributed by atoms with Crippen molar-refractivity contribution < 1.29 is 4.74 Å². The minimum Gasteiger partial charge on any atom is -0.373 e. The van der Waals surface area contributed by atoms with Crippen LogP contribution in [0.25, 0.3) is 0 Å². The van der Waals surface area contributed by atoms with Crippen LogP contribution in [0.2, 0.25) is 0 Å². The summed E-state index contributed by atoms with van der Waals surface area (Å²) in [5, 5.41) is 0. The van der Waals surface area contributed by atoms with Crippen molar-refractivity contribution in [2.24, 2.45) is 0 Å². The molecule has 1 fully saturated rings. The standard InChI is InChI=1S/C8H16O.C6H14/c1-2-3-4-5-6-8-7-9-8;1-3-5-6-4-2/h8H,2-7H2,1H3;3-6H2,1-2H3. The third kappa shape index (κ3) is 14.0. The lowest BCUT2D eigenvalue weighted by Crippen LogP contribution is -1.84. The molecule has 1 heterocycles. The van der Waals surface area contributed by atoms with E-state index < -0.39 is 0 Å². The van der Waals surface area contributed by atoms with Crippen LogP contribution in [0.3, 0.4) is 0 Å². The van der Waals surface area contributed by atoms with Crippen molar-refractivity contribution in [3.05, 3.63) is 0 Å². The van der Waals surface area contributed by atoms with E-state index in [1.807, 2.05) is 0 Å². The first-order chi connectivity index (χ1) is 7.35. The average Bonchev–Trinajstić information content (AvgIpc) is 3.06. The number of rotatable bonds is 8. The molecule has 92 valence electrons. The molecule has 1 aliphatic heterocycles. The topological polar surface area (TPSA) is 12.5 Å². The maximum Gasteiger partial charge on any atom is 0.0810 e. The largest absolute Gasteiger partial charge is 0.373 e. The number of epoxide rings is 1. The maximum atomic E-state index is 5.09. The maximum absolute atomic E-state index is 5.09. The lowest BCUT2D eigenvalue weighted by atomic mass is 10.1. The third-order valence-corrected chi connectivity index (χ3v) is 2.74. The van der Waals surface area contributed by atoms with E-state index in [1.54, 1.807) is 0 Å². The van der Waals surface area contributed by atoms with E-state index in [0.29, 0.717) is 6.10 Å². The lowest BCUT2D eigenvalue weighted by molar-refractivity contribution is 0.388. The number of hydrogen-bond acceptors (Lipinski definition) is 1. The van der Waals surface area contributed by atoms with Gasteiger partial charge in [0.1, 0.15) is 0 Å². The Morgan fingerprint density at radius 1 is 0.800 bits per heavy atom. The van der Waals surface area contributed by atoms with Gasteiger partial charge < -0.3 is 4.74 Å². The molecular weight excluding hydrogens is 184 g/mol. The quantitative estimate of drug-likeness (QED) is 0.412. The summed E-state index contributed by atoms with van der Waals surface area (Å²) in [6, 6.07) is 0. The van der Waals surface area contributed by atoms with Gasteiger partial charge in [0.15, 0.2) is 0 Å². The van der Waals surface area contributed by atoms with Gasteiger partial charge in [0.25, 0.3) is 0 Å². The zero-order valence-electron chi connectivity index (χ0n) is 11.1. The summed E-state index contributed by atoms with van der Waals surface area (Å²) in [6.45, 7) is 7.74. The van der Waals surface area contributed by atoms with Gasteiger partial charge in [0.05, 0.1) is 12.7 Å². The Kier molecular flexibility index (Phi) is 12.0. The Hall–Kier alpha value is -0.0400. The molecule has 0 aromatic carbocycles. The van der Waals surface area contributed by atoms with E-state index in [9.17, 15) is 0 Å². The first-order valence-electron chi connectivity index (χ1n) is 6.96. The van der Waals surface area contributed by atoms with Crippen LogP contribution in [0.4, 0.5) is 0 Å². The molecule has 1 unspecified atom stereocenters. The van der Waals surface area contributed by atoms with E-state index in [-0.39, 0.29) is 0 Å². The molecule has 0 aliphatic carbocycles. The molecule has 0 bridgehead atoms. The van der Waals surface area contributed by atoms with E-state index in [1.165, 1.54) is 57.8 Å². The van der Waals surface area contributed by atoms with Crippen LogP contribution in [0.1, 0.15) is 78.6 Å². The summed E-state index contributed by atoms with van der Waals surface area (Å²) in [7, 11) is 0. The Labute approximate surface area is 96.6 Å². The van der Waals surface area contributed by atoms with Gasteiger partial charge >= 0.3 is 0 Å². The van der Waals surface area contributed by atoms with E-state index in [2.05, 4.69) is 20.8 Å². The molecule has 0 N–H and O–H groups in total. The van der Waals surface area contributed by atoms with Crippen molar-refractivity contribution in [1.29, 1.82) is 0 Å². The van der Waals surface area contributed by atoms with Crippen molar-refractivity contribution in [2.75, 3.05) is 6.61 Å². The van der Waals surface area contributed by atoms with E-state index >= 15 is 0 Å². The van der Waals surface area contributed by atoms with Gasteiger partial charge in [-0.25, -0.2) is 0 Å². The highest BCUT2D eigenvalue weighted by atomic mass is 16.6. The Bertz CT molecular complexity index is 104.